The van der Waals surface area contributed by atoms with Gasteiger partial charge in [0.2, 0.25) is 0 Å². The number of benzene rings is 1. The Labute approximate surface area is 109 Å². The van der Waals surface area contributed by atoms with E-state index in [0.717, 1.165) is 21.3 Å². The van der Waals surface area contributed by atoms with Crippen molar-refractivity contribution in [2.45, 2.75) is 17.0 Å². The largest absolute Gasteiger partial charge is 0.488 e. The molecule has 1 aromatic carbocycles. The molecule has 1 aromatic heterocycles. The van der Waals surface area contributed by atoms with Crippen LogP contribution in [0.1, 0.15) is 11.3 Å². The van der Waals surface area contributed by atoms with Crippen LogP contribution in [0.15, 0.2) is 34.0 Å². The fraction of sp³-hybridized carbons (Fsp3) is 0.182. The second kappa shape index (κ2) is 5.68. The van der Waals surface area contributed by atoms with Crippen molar-refractivity contribution in [3.8, 4) is 0 Å². The lowest BCUT2D eigenvalue weighted by atomic mass is 9.80. The van der Waals surface area contributed by atoms with E-state index in [-0.39, 0.29) is 0 Å². The molecule has 0 atom stereocenters. The molecule has 2 aromatic rings. The molecular formula is C11H12BNO2S2. The van der Waals surface area contributed by atoms with Crippen LogP contribution in [0.25, 0.3) is 0 Å². The highest BCUT2D eigenvalue weighted by molar-refractivity contribution is 8.00. The molecule has 3 nitrogen and oxygen atoms in total. The number of nitrogens with zero attached hydrogens (tertiary/aromatic N) is 1. The quantitative estimate of drug-likeness (QED) is 0.648. The van der Waals surface area contributed by atoms with E-state index < -0.39 is 7.12 Å². The van der Waals surface area contributed by atoms with Gasteiger partial charge < -0.3 is 10.0 Å². The highest BCUT2D eigenvalue weighted by atomic mass is 32.2. The van der Waals surface area contributed by atoms with Crippen molar-refractivity contribution >= 4 is 35.7 Å². The minimum Gasteiger partial charge on any atom is -0.423 e. The molecule has 0 aliphatic rings. The van der Waals surface area contributed by atoms with Crippen LogP contribution in [0.2, 0.25) is 0 Å². The number of aromatic nitrogens is 1. The lowest BCUT2D eigenvalue weighted by Gasteiger charge is -2.03. The zero-order valence-electron chi connectivity index (χ0n) is 9.33. The van der Waals surface area contributed by atoms with Gasteiger partial charge in [-0.25, -0.2) is 4.98 Å². The zero-order valence-corrected chi connectivity index (χ0v) is 11.0. The predicted molar refractivity (Wildman–Crippen MR) is 72.7 cm³/mol. The highest BCUT2D eigenvalue weighted by Crippen LogP contribution is 2.25. The summed E-state index contributed by atoms with van der Waals surface area (Å²) >= 11 is 3.29. The third-order valence-corrected chi connectivity index (χ3v) is 4.42. The van der Waals surface area contributed by atoms with Crippen LogP contribution in [0.3, 0.4) is 0 Å². The molecule has 2 rings (SSSR count). The zero-order chi connectivity index (χ0) is 12.3. The van der Waals surface area contributed by atoms with Gasteiger partial charge in [0.15, 0.2) is 0 Å². The third kappa shape index (κ3) is 3.57. The van der Waals surface area contributed by atoms with E-state index in [2.05, 4.69) is 4.98 Å². The van der Waals surface area contributed by atoms with Crippen LogP contribution >= 0.6 is 23.1 Å². The first-order valence-electron chi connectivity index (χ1n) is 5.15. The molecule has 0 fully saturated rings. The van der Waals surface area contributed by atoms with Gasteiger partial charge in [-0.2, -0.15) is 0 Å². The van der Waals surface area contributed by atoms with Crippen molar-refractivity contribution in [1.82, 2.24) is 4.98 Å². The normalized spacial score (nSPS) is 10.5. The molecule has 1 heterocycles. The summed E-state index contributed by atoms with van der Waals surface area (Å²) in [5.41, 5.74) is 2.63. The third-order valence-electron chi connectivity index (χ3n) is 2.21. The maximum absolute atomic E-state index is 9.08. The fourth-order valence-corrected chi connectivity index (χ4v) is 3.18. The summed E-state index contributed by atoms with van der Waals surface area (Å²) in [7, 11) is -1.40. The van der Waals surface area contributed by atoms with Crippen molar-refractivity contribution in [3.63, 3.8) is 0 Å². The lowest BCUT2D eigenvalue weighted by molar-refractivity contribution is 0.425. The minimum absolute atomic E-state index is 0.526. The van der Waals surface area contributed by atoms with Gasteiger partial charge >= 0.3 is 7.12 Å². The van der Waals surface area contributed by atoms with Crippen LogP contribution in [0, 0.1) is 6.92 Å². The first-order chi connectivity index (χ1) is 8.15. The van der Waals surface area contributed by atoms with Gasteiger partial charge in [0.05, 0.1) is 0 Å². The van der Waals surface area contributed by atoms with Crippen molar-refractivity contribution in [1.29, 1.82) is 0 Å². The Morgan fingerprint density at radius 2 is 2.24 bits per heavy atom. The van der Waals surface area contributed by atoms with Crippen LogP contribution in [-0.2, 0) is 5.75 Å². The van der Waals surface area contributed by atoms with E-state index in [0.29, 0.717) is 5.46 Å². The fourth-order valence-electron chi connectivity index (χ4n) is 1.39. The Kier molecular flexibility index (Phi) is 4.23. The number of thioether (sulfide) groups is 1. The molecule has 0 radical (unpaired) electrons. The van der Waals surface area contributed by atoms with Gasteiger partial charge in [0, 0.05) is 16.8 Å². The average molecular weight is 265 g/mol. The Hall–Kier alpha value is -0.815. The van der Waals surface area contributed by atoms with Crippen molar-refractivity contribution < 1.29 is 10.0 Å². The second-order valence-electron chi connectivity index (χ2n) is 3.66. The van der Waals surface area contributed by atoms with E-state index in [1.54, 1.807) is 35.2 Å². The topological polar surface area (TPSA) is 53.4 Å². The SMILES string of the molecule is Cc1csc(SCc2cccc(B(O)O)c2)n1. The first-order valence-corrected chi connectivity index (χ1v) is 7.01. The molecule has 88 valence electrons. The van der Waals surface area contributed by atoms with Crippen LogP contribution in [0.5, 0.6) is 0 Å². The number of hydrogen-bond acceptors (Lipinski definition) is 5. The van der Waals surface area contributed by atoms with Gasteiger partial charge in [-0.3, -0.25) is 0 Å². The molecule has 6 heteroatoms. The summed E-state index contributed by atoms with van der Waals surface area (Å²) in [4.78, 5) is 4.37. The Balaban J connectivity index is 2.01. The lowest BCUT2D eigenvalue weighted by Crippen LogP contribution is -2.29. The molecule has 2 N–H and O–H groups in total. The Morgan fingerprint density at radius 1 is 1.41 bits per heavy atom. The molecule has 0 saturated carbocycles. The van der Waals surface area contributed by atoms with Crippen molar-refractivity contribution in [3.05, 3.63) is 40.9 Å². The Bertz CT molecular complexity index is 502. The summed E-state index contributed by atoms with van der Waals surface area (Å²) in [6.45, 7) is 1.98. The van der Waals surface area contributed by atoms with Crippen molar-refractivity contribution in [2.75, 3.05) is 0 Å². The minimum atomic E-state index is -1.40. The molecule has 0 saturated heterocycles. The summed E-state index contributed by atoms with van der Waals surface area (Å²) < 4.78 is 1.04. The van der Waals surface area contributed by atoms with E-state index >= 15 is 0 Å². The maximum Gasteiger partial charge on any atom is 0.488 e. The molecule has 0 bridgehead atoms. The smallest absolute Gasteiger partial charge is 0.423 e. The van der Waals surface area contributed by atoms with Crippen molar-refractivity contribution in [2.24, 2.45) is 0 Å². The monoisotopic (exact) mass is 265 g/mol. The standard InChI is InChI=1S/C11H12BNO2S2/c1-8-6-16-11(13-8)17-7-9-3-2-4-10(5-9)12(14)15/h2-6,14-15H,7H2,1H3. The van der Waals surface area contributed by atoms with E-state index in [4.69, 9.17) is 10.0 Å². The van der Waals surface area contributed by atoms with E-state index in [1.807, 2.05) is 24.4 Å². The summed E-state index contributed by atoms with van der Waals surface area (Å²) in [6, 6.07) is 7.31. The van der Waals surface area contributed by atoms with Gasteiger partial charge in [0.25, 0.3) is 0 Å². The average Bonchev–Trinajstić information content (AvgIpc) is 2.73. The summed E-state index contributed by atoms with van der Waals surface area (Å²) in [5, 5.41) is 20.2. The molecular weight excluding hydrogens is 253 g/mol. The van der Waals surface area contributed by atoms with Gasteiger partial charge in [-0.1, -0.05) is 36.0 Å². The molecule has 0 aliphatic heterocycles. The molecule has 17 heavy (non-hydrogen) atoms. The van der Waals surface area contributed by atoms with E-state index in [9.17, 15) is 0 Å². The maximum atomic E-state index is 9.08. The number of aryl methyl sites for hydroxylation is 1. The van der Waals surface area contributed by atoms with Crippen LogP contribution < -0.4 is 5.46 Å². The first kappa shape index (κ1) is 12.6. The van der Waals surface area contributed by atoms with E-state index in [1.165, 1.54) is 0 Å². The number of thiazole rings is 1. The number of hydrogen-bond donors (Lipinski definition) is 2. The van der Waals surface area contributed by atoms with Gasteiger partial charge in [0.1, 0.15) is 4.34 Å². The van der Waals surface area contributed by atoms with Crippen LogP contribution in [-0.4, -0.2) is 22.2 Å². The van der Waals surface area contributed by atoms with Gasteiger partial charge in [-0.15, -0.1) is 11.3 Å². The van der Waals surface area contributed by atoms with Crippen LogP contribution in [0.4, 0.5) is 0 Å². The second-order valence-corrected chi connectivity index (χ2v) is 5.74. The molecule has 0 unspecified atom stereocenters. The molecule has 0 aliphatic carbocycles. The Morgan fingerprint density at radius 3 is 2.88 bits per heavy atom. The predicted octanol–water partition coefficient (Wildman–Crippen LogP) is 1.42. The highest BCUT2D eigenvalue weighted by Gasteiger charge is 2.10. The summed E-state index contributed by atoms with van der Waals surface area (Å²) in [5.74, 6) is 0.785. The molecule has 0 spiro atoms. The number of rotatable bonds is 4. The van der Waals surface area contributed by atoms with Gasteiger partial charge in [-0.05, 0) is 17.9 Å². The molecule has 0 amide bonds. The summed E-state index contributed by atoms with van der Waals surface area (Å²) in [6.07, 6.45) is 0.